The molecular weight excluding hydrogens is 145 g/mol. The van der Waals surface area contributed by atoms with Crippen molar-refractivity contribution >= 4 is 12.6 Å². The molecule has 0 saturated heterocycles. The Kier molecular flexibility index (Phi) is 4.31. The molecule has 0 aliphatic rings. The summed E-state index contributed by atoms with van der Waals surface area (Å²) in [6.07, 6.45) is 0. The van der Waals surface area contributed by atoms with Gasteiger partial charge in [-0.1, -0.05) is 6.07 Å². The van der Waals surface area contributed by atoms with Gasteiger partial charge in [0.05, 0.1) is 5.03 Å². The molecule has 0 unspecified atom stereocenters. The van der Waals surface area contributed by atoms with Gasteiger partial charge in [-0.2, -0.15) is 0 Å². The molecule has 0 atom stereocenters. The molecule has 1 aromatic heterocycles. The van der Waals surface area contributed by atoms with Gasteiger partial charge >= 0.3 is 29.6 Å². The second kappa shape index (κ2) is 4.17. The van der Waals surface area contributed by atoms with Crippen molar-refractivity contribution in [3.05, 3.63) is 28.6 Å². The Bertz CT molecular complexity index is 239. The first-order valence-corrected chi connectivity index (χ1v) is 2.62. The summed E-state index contributed by atoms with van der Waals surface area (Å²) in [5.74, 6) is 0. The van der Waals surface area contributed by atoms with Gasteiger partial charge in [0.15, 0.2) is 0 Å². The minimum absolute atomic E-state index is 0. The van der Waals surface area contributed by atoms with E-state index in [2.05, 4.69) is 17.6 Å². The fourth-order valence-corrected chi connectivity index (χ4v) is 0.632. The van der Waals surface area contributed by atoms with E-state index in [9.17, 15) is 4.79 Å². The van der Waals surface area contributed by atoms with E-state index in [1.54, 1.807) is 12.1 Å². The standard InChI is InChI=1S/C5H5NOS.Na.H/c7-4-2-1-3-5(8)6-4;;/h1-3H,(H2,6,7,8);;/q;+1;-1. The maximum Gasteiger partial charge on any atom is 1.00 e. The van der Waals surface area contributed by atoms with Crippen LogP contribution in [0.3, 0.4) is 0 Å². The van der Waals surface area contributed by atoms with Gasteiger partial charge in [-0.05, 0) is 6.07 Å². The van der Waals surface area contributed by atoms with Crippen LogP contribution in [-0.4, -0.2) is 4.98 Å². The van der Waals surface area contributed by atoms with Crippen LogP contribution < -0.4 is 35.1 Å². The average Bonchev–Trinajstić information content (AvgIpc) is 1.64. The third-order valence-corrected chi connectivity index (χ3v) is 1.01. The van der Waals surface area contributed by atoms with Crippen LogP contribution in [0.4, 0.5) is 0 Å². The van der Waals surface area contributed by atoms with Crippen LogP contribution in [-0.2, 0) is 0 Å². The summed E-state index contributed by atoms with van der Waals surface area (Å²) in [5, 5.41) is 0.595. The molecular formula is C5H6NNaOS. The number of thiol groups is 1. The van der Waals surface area contributed by atoms with E-state index in [-0.39, 0.29) is 36.5 Å². The van der Waals surface area contributed by atoms with Gasteiger partial charge in [-0.3, -0.25) is 4.79 Å². The monoisotopic (exact) mass is 151 g/mol. The molecule has 0 amide bonds. The van der Waals surface area contributed by atoms with E-state index < -0.39 is 0 Å². The topological polar surface area (TPSA) is 32.9 Å². The quantitative estimate of drug-likeness (QED) is 0.319. The van der Waals surface area contributed by atoms with Crippen LogP contribution in [0.15, 0.2) is 28.0 Å². The Morgan fingerprint density at radius 3 is 2.56 bits per heavy atom. The minimum atomic E-state index is -0.113. The second-order valence-electron chi connectivity index (χ2n) is 1.40. The van der Waals surface area contributed by atoms with Crippen molar-refractivity contribution in [1.29, 1.82) is 0 Å². The average molecular weight is 151 g/mol. The summed E-state index contributed by atoms with van der Waals surface area (Å²) in [6.45, 7) is 0. The Morgan fingerprint density at radius 2 is 2.22 bits per heavy atom. The smallest absolute Gasteiger partial charge is 1.00 e. The first-order chi connectivity index (χ1) is 3.79. The Hall–Kier alpha value is 0.300. The van der Waals surface area contributed by atoms with Gasteiger partial charge in [-0.15, -0.1) is 12.6 Å². The van der Waals surface area contributed by atoms with Crippen LogP contribution in [0.5, 0.6) is 0 Å². The maximum absolute atomic E-state index is 10.4. The van der Waals surface area contributed by atoms with Crippen LogP contribution in [0.1, 0.15) is 1.43 Å². The van der Waals surface area contributed by atoms with Crippen LogP contribution in [0.25, 0.3) is 0 Å². The number of nitrogens with one attached hydrogen (secondary N) is 1. The summed E-state index contributed by atoms with van der Waals surface area (Å²) in [7, 11) is 0. The molecule has 1 heterocycles. The molecule has 1 N–H and O–H groups in total. The van der Waals surface area contributed by atoms with Crippen LogP contribution in [0, 0.1) is 0 Å². The number of aromatic amines is 1. The second-order valence-corrected chi connectivity index (χ2v) is 1.88. The third kappa shape index (κ3) is 3.11. The molecule has 0 bridgehead atoms. The van der Waals surface area contributed by atoms with Crippen molar-refractivity contribution in [2.75, 3.05) is 0 Å². The summed E-state index contributed by atoms with van der Waals surface area (Å²) in [4.78, 5) is 12.9. The zero-order valence-corrected chi connectivity index (χ0v) is 7.98. The van der Waals surface area contributed by atoms with Crippen molar-refractivity contribution in [2.45, 2.75) is 5.03 Å². The SMILES string of the molecule is O=c1cccc(S)[nH]1.[H-].[Na+]. The van der Waals surface area contributed by atoms with E-state index in [0.29, 0.717) is 5.03 Å². The van der Waals surface area contributed by atoms with Gasteiger partial charge < -0.3 is 6.41 Å². The molecule has 0 fully saturated rings. The van der Waals surface area contributed by atoms with E-state index in [0.717, 1.165) is 0 Å². The fraction of sp³-hybridized carbons (Fsp3) is 0. The maximum atomic E-state index is 10.4. The van der Waals surface area contributed by atoms with Gasteiger partial charge in [0.2, 0.25) is 5.56 Å². The van der Waals surface area contributed by atoms with Crippen molar-refractivity contribution < 1.29 is 31.0 Å². The Labute approximate surface area is 81.9 Å². The largest absolute Gasteiger partial charge is 1.00 e. The number of rotatable bonds is 0. The predicted octanol–water partition coefficient (Wildman–Crippen LogP) is -2.22. The molecule has 0 aliphatic carbocycles. The van der Waals surface area contributed by atoms with Gasteiger partial charge in [0.1, 0.15) is 0 Å². The van der Waals surface area contributed by atoms with Crippen molar-refractivity contribution in [2.24, 2.45) is 0 Å². The zero-order chi connectivity index (χ0) is 5.98. The number of aromatic nitrogens is 1. The molecule has 4 heteroatoms. The van der Waals surface area contributed by atoms with E-state index in [1.807, 2.05) is 0 Å². The molecule has 1 rings (SSSR count). The first-order valence-electron chi connectivity index (χ1n) is 2.17. The van der Waals surface area contributed by atoms with E-state index in [1.165, 1.54) is 6.07 Å². The zero-order valence-electron chi connectivity index (χ0n) is 6.09. The molecule has 0 aromatic carbocycles. The normalized spacial score (nSPS) is 8.11. The molecule has 1 aromatic rings. The predicted molar refractivity (Wildman–Crippen MR) is 35.4 cm³/mol. The van der Waals surface area contributed by atoms with Crippen LogP contribution >= 0.6 is 12.6 Å². The molecule has 0 saturated carbocycles. The molecule has 0 spiro atoms. The molecule has 44 valence electrons. The molecule has 9 heavy (non-hydrogen) atoms. The fourth-order valence-electron chi connectivity index (χ4n) is 0.436. The Balaban J connectivity index is 0. The number of hydrogen-bond donors (Lipinski definition) is 2. The summed E-state index contributed by atoms with van der Waals surface area (Å²) in [6, 6.07) is 4.81. The van der Waals surface area contributed by atoms with Crippen molar-refractivity contribution in [1.82, 2.24) is 4.98 Å². The van der Waals surface area contributed by atoms with Gasteiger partial charge in [-0.25, -0.2) is 0 Å². The van der Waals surface area contributed by atoms with E-state index in [4.69, 9.17) is 0 Å². The van der Waals surface area contributed by atoms with Gasteiger partial charge in [0, 0.05) is 6.07 Å². The third-order valence-electron chi connectivity index (χ3n) is 0.753. The summed E-state index contributed by atoms with van der Waals surface area (Å²) < 4.78 is 0. The summed E-state index contributed by atoms with van der Waals surface area (Å²) >= 11 is 3.90. The first kappa shape index (κ1) is 9.30. The minimum Gasteiger partial charge on any atom is -1.00 e. The molecule has 0 radical (unpaired) electrons. The number of H-pyrrole nitrogens is 1. The van der Waals surface area contributed by atoms with Gasteiger partial charge in [0.25, 0.3) is 0 Å². The summed E-state index contributed by atoms with van der Waals surface area (Å²) in [5.41, 5.74) is -0.113. The van der Waals surface area contributed by atoms with Crippen molar-refractivity contribution in [3.63, 3.8) is 0 Å². The molecule has 2 nitrogen and oxygen atoms in total. The number of hydrogen-bond acceptors (Lipinski definition) is 2. The Morgan fingerprint density at radius 1 is 1.56 bits per heavy atom. The van der Waals surface area contributed by atoms with E-state index >= 15 is 0 Å². The van der Waals surface area contributed by atoms with Crippen LogP contribution in [0.2, 0.25) is 0 Å². The molecule has 0 aliphatic heterocycles. The van der Waals surface area contributed by atoms with Crippen molar-refractivity contribution in [3.8, 4) is 0 Å². The number of pyridine rings is 1.